The van der Waals surface area contributed by atoms with Crippen molar-refractivity contribution in [2.75, 3.05) is 0 Å². The molecule has 1 aliphatic carbocycles. The molecule has 0 aromatic heterocycles. The topological polar surface area (TPSA) is 34.1 Å². The number of hydrogen-bond acceptors (Lipinski definition) is 2. The highest BCUT2D eigenvalue weighted by molar-refractivity contribution is 5.99. The summed E-state index contributed by atoms with van der Waals surface area (Å²) >= 11 is 0. The molecule has 0 bridgehead atoms. The monoisotopic (exact) mass is 242 g/mol. The molecule has 0 amide bonds. The van der Waals surface area contributed by atoms with Crippen LogP contribution in [0.2, 0.25) is 0 Å². The maximum Gasteiger partial charge on any atom is 0.163 e. The zero-order valence-corrected chi connectivity index (χ0v) is 10.7. The van der Waals surface area contributed by atoms with Crippen LogP contribution in [0, 0.1) is 5.92 Å². The molecule has 1 atom stereocenters. The molecule has 1 aromatic carbocycles. The molecule has 1 unspecified atom stereocenters. The standard InChI is InChI=1S/C16H18O2/c1-12(17)15-10-6-5-9-14(15)11-16(18)13-7-3-2-4-8-13/h2-4,7-8,10,14H,5-6,9,11H2,1H3. The Bertz CT molecular complexity index is 471. The van der Waals surface area contributed by atoms with Crippen molar-refractivity contribution < 1.29 is 9.59 Å². The lowest BCUT2D eigenvalue weighted by molar-refractivity contribution is -0.114. The van der Waals surface area contributed by atoms with Crippen LogP contribution in [-0.4, -0.2) is 11.6 Å². The molecule has 18 heavy (non-hydrogen) atoms. The Kier molecular flexibility index (Phi) is 4.08. The van der Waals surface area contributed by atoms with Crippen molar-refractivity contribution in [3.05, 3.63) is 47.5 Å². The third-order valence-corrected chi connectivity index (χ3v) is 3.49. The molecule has 1 aromatic rings. The minimum absolute atomic E-state index is 0.112. The van der Waals surface area contributed by atoms with Crippen LogP contribution in [0.3, 0.4) is 0 Å². The van der Waals surface area contributed by atoms with Crippen molar-refractivity contribution in [3.8, 4) is 0 Å². The number of benzene rings is 1. The Labute approximate surface area is 108 Å². The molecule has 94 valence electrons. The highest BCUT2D eigenvalue weighted by Gasteiger charge is 2.23. The van der Waals surface area contributed by atoms with Gasteiger partial charge in [-0.2, -0.15) is 0 Å². The van der Waals surface area contributed by atoms with Crippen molar-refractivity contribution in [1.29, 1.82) is 0 Å². The fraction of sp³-hybridized carbons (Fsp3) is 0.375. The van der Waals surface area contributed by atoms with Gasteiger partial charge in [-0.15, -0.1) is 0 Å². The Morgan fingerprint density at radius 1 is 1.22 bits per heavy atom. The number of carbonyl (C=O) groups is 2. The zero-order valence-electron chi connectivity index (χ0n) is 10.7. The van der Waals surface area contributed by atoms with Gasteiger partial charge in [-0.1, -0.05) is 36.4 Å². The highest BCUT2D eigenvalue weighted by atomic mass is 16.1. The first-order valence-electron chi connectivity index (χ1n) is 6.47. The molecule has 0 heterocycles. The fourth-order valence-electron chi connectivity index (χ4n) is 2.55. The lowest BCUT2D eigenvalue weighted by Gasteiger charge is -2.22. The van der Waals surface area contributed by atoms with E-state index in [9.17, 15) is 9.59 Å². The number of Topliss-reactive ketones (excluding diaryl/α,β-unsaturated/α-hetero) is 2. The van der Waals surface area contributed by atoms with Gasteiger partial charge in [0.05, 0.1) is 0 Å². The van der Waals surface area contributed by atoms with Crippen LogP contribution in [0.5, 0.6) is 0 Å². The third kappa shape index (κ3) is 2.95. The highest BCUT2D eigenvalue weighted by Crippen LogP contribution is 2.29. The molecule has 0 spiro atoms. The predicted molar refractivity (Wildman–Crippen MR) is 71.5 cm³/mol. The smallest absolute Gasteiger partial charge is 0.163 e. The normalized spacial score (nSPS) is 19.2. The second kappa shape index (κ2) is 5.76. The van der Waals surface area contributed by atoms with E-state index in [-0.39, 0.29) is 17.5 Å². The fourth-order valence-corrected chi connectivity index (χ4v) is 2.55. The minimum Gasteiger partial charge on any atom is -0.295 e. The van der Waals surface area contributed by atoms with E-state index in [2.05, 4.69) is 0 Å². The molecule has 0 saturated carbocycles. The average Bonchev–Trinajstić information content (AvgIpc) is 2.40. The molecule has 0 saturated heterocycles. The Hall–Kier alpha value is -1.70. The Morgan fingerprint density at radius 2 is 1.94 bits per heavy atom. The summed E-state index contributed by atoms with van der Waals surface area (Å²) in [6.07, 6.45) is 5.45. The summed E-state index contributed by atoms with van der Waals surface area (Å²) in [5, 5.41) is 0. The summed E-state index contributed by atoms with van der Waals surface area (Å²) in [5.74, 6) is 0.360. The van der Waals surface area contributed by atoms with E-state index in [4.69, 9.17) is 0 Å². The van der Waals surface area contributed by atoms with Crippen LogP contribution in [0.15, 0.2) is 42.0 Å². The number of allylic oxidation sites excluding steroid dienone is 2. The van der Waals surface area contributed by atoms with Gasteiger partial charge in [-0.05, 0) is 37.7 Å². The van der Waals surface area contributed by atoms with Crippen LogP contribution >= 0.6 is 0 Å². The van der Waals surface area contributed by atoms with Crippen molar-refractivity contribution in [2.24, 2.45) is 5.92 Å². The molecule has 2 nitrogen and oxygen atoms in total. The number of ketones is 2. The predicted octanol–water partition coefficient (Wildman–Crippen LogP) is 3.57. The van der Waals surface area contributed by atoms with Gasteiger partial charge >= 0.3 is 0 Å². The van der Waals surface area contributed by atoms with E-state index >= 15 is 0 Å². The van der Waals surface area contributed by atoms with Gasteiger partial charge in [0, 0.05) is 12.0 Å². The van der Waals surface area contributed by atoms with Crippen molar-refractivity contribution >= 4 is 11.6 Å². The Balaban J connectivity index is 2.09. The van der Waals surface area contributed by atoms with Crippen LogP contribution in [0.25, 0.3) is 0 Å². The summed E-state index contributed by atoms with van der Waals surface area (Å²) in [5.41, 5.74) is 1.59. The molecule has 2 heteroatoms. The zero-order chi connectivity index (χ0) is 13.0. The molecule has 0 N–H and O–H groups in total. The van der Waals surface area contributed by atoms with Gasteiger partial charge in [0.1, 0.15) is 0 Å². The molecule has 2 rings (SSSR count). The van der Waals surface area contributed by atoms with Gasteiger partial charge in [0.25, 0.3) is 0 Å². The Morgan fingerprint density at radius 3 is 2.61 bits per heavy atom. The summed E-state index contributed by atoms with van der Waals surface area (Å²) < 4.78 is 0. The first-order valence-corrected chi connectivity index (χ1v) is 6.47. The van der Waals surface area contributed by atoms with Crippen LogP contribution < -0.4 is 0 Å². The molecule has 0 fully saturated rings. The lowest BCUT2D eigenvalue weighted by atomic mass is 9.81. The maximum atomic E-state index is 12.1. The van der Waals surface area contributed by atoms with Gasteiger partial charge in [0.15, 0.2) is 11.6 Å². The van der Waals surface area contributed by atoms with Gasteiger partial charge < -0.3 is 0 Å². The first-order chi connectivity index (χ1) is 8.68. The third-order valence-electron chi connectivity index (χ3n) is 3.49. The second-order valence-electron chi connectivity index (χ2n) is 4.84. The van der Waals surface area contributed by atoms with Crippen LogP contribution in [-0.2, 0) is 4.79 Å². The largest absolute Gasteiger partial charge is 0.295 e. The lowest BCUT2D eigenvalue weighted by Crippen LogP contribution is -2.18. The minimum atomic E-state index is 0.112. The summed E-state index contributed by atoms with van der Waals surface area (Å²) in [4.78, 5) is 23.7. The van der Waals surface area contributed by atoms with Crippen molar-refractivity contribution in [2.45, 2.75) is 32.6 Å². The maximum absolute atomic E-state index is 12.1. The number of hydrogen-bond donors (Lipinski definition) is 0. The van der Waals surface area contributed by atoms with Gasteiger partial charge in [0.2, 0.25) is 0 Å². The molecule has 0 aliphatic heterocycles. The SMILES string of the molecule is CC(=O)C1=CCCCC1CC(=O)c1ccccc1. The van der Waals surface area contributed by atoms with E-state index < -0.39 is 0 Å². The van der Waals surface area contributed by atoms with E-state index in [0.717, 1.165) is 30.4 Å². The second-order valence-corrected chi connectivity index (χ2v) is 4.84. The van der Waals surface area contributed by atoms with Crippen LogP contribution in [0.4, 0.5) is 0 Å². The first kappa shape index (κ1) is 12.7. The quantitative estimate of drug-likeness (QED) is 0.756. The van der Waals surface area contributed by atoms with E-state index in [1.165, 1.54) is 0 Å². The van der Waals surface area contributed by atoms with E-state index in [0.29, 0.717) is 6.42 Å². The molecular weight excluding hydrogens is 224 g/mol. The summed E-state index contributed by atoms with van der Waals surface area (Å²) in [6.45, 7) is 1.59. The van der Waals surface area contributed by atoms with E-state index in [1.54, 1.807) is 6.92 Å². The number of carbonyl (C=O) groups excluding carboxylic acids is 2. The molecule has 1 aliphatic rings. The molecular formula is C16H18O2. The van der Waals surface area contributed by atoms with Gasteiger partial charge in [-0.25, -0.2) is 0 Å². The summed E-state index contributed by atoms with van der Waals surface area (Å²) in [6, 6.07) is 9.31. The van der Waals surface area contributed by atoms with Crippen LogP contribution in [0.1, 0.15) is 43.0 Å². The molecule has 0 radical (unpaired) electrons. The van der Waals surface area contributed by atoms with Crippen molar-refractivity contribution in [3.63, 3.8) is 0 Å². The average molecular weight is 242 g/mol. The number of rotatable bonds is 4. The van der Waals surface area contributed by atoms with Gasteiger partial charge in [-0.3, -0.25) is 9.59 Å². The van der Waals surface area contributed by atoms with Crippen molar-refractivity contribution in [1.82, 2.24) is 0 Å². The summed E-state index contributed by atoms with van der Waals surface area (Å²) in [7, 11) is 0. The van der Waals surface area contributed by atoms with E-state index in [1.807, 2.05) is 36.4 Å².